The van der Waals surface area contributed by atoms with Gasteiger partial charge >= 0.3 is 12.1 Å². The topological polar surface area (TPSA) is 79.7 Å². The number of nitrogens with zero attached hydrogens (tertiary/aromatic N) is 2. The van der Waals surface area contributed by atoms with Crippen LogP contribution in [-0.2, 0) is 16.0 Å². The third-order valence-electron chi connectivity index (χ3n) is 3.91. The number of likely N-dealkylation sites (tertiary alicyclic amines) is 1. The molecule has 6 nitrogen and oxygen atoms in total. The number of aromatic nitrogens is 1. The smallest absolute Gasteiger partial charge is 0.410 e. The Balaban J connectivity index is 2.02. The van der Waals surface area contributed by atoms with Gasteiger partial charge in [-0.2, -0.15) is 0 Å². The van der Waals surface area contributed by atoms with E-state index in [1.54, 1.807) is 4.90 Å². The Hall–Kier alpha value is -2.11. The highest BCUT2D eigenvalue weighted by atomic mass is 16.6. The van der Waals surface area contributed by atoms with Crippen LogP contribution < -0.4 is 0 Å². The maximum absolute atomic E-state index is 12.3. The molecule has 1 aliphatic heterocycles. The molecule has 1 saturated heterocycles. The molecule has 0 aromatic carbocycles. The first-order valence-electron chi connectivity index (χ1n) is 8.40. The van der Waals surface area contributed by atoms with Gasteiger partial charge < -0.3 is 14.7 Å². The Labute approximate surface area is 142 Å². The summed E-state index contributed by atoms with van der Waals surface area (Å²) in [6.07, 6.45) is 2.09. The van der Waals surface area contributed by atoms with Gasteiger partial charge in [0.25, 0.3) is 0 Å². The standard InChI is InChI=1S/C18H26N2O4/c1-18(2,3)24-17(23)20-11-5-6-13(12-20)15-8-4-7-14(19-15)9-10-16(21)22/h4,7-8,13H,5-6,9-12H2,1-3H3,(H,21,22)/t13-/m1/s1. The molecule has 2 rings (SSSR count). The summed E-state index contributed by atoms with van der Waals surface area (Å²) in [5.41, 5.74) is 1.20. The molecule has 1 aliphatic rings. The van der Waals surface area contributed by atoms with Crippen LogP contribution in [0.15, 0.2) is 18.2 Å². The fourth-order valence-corrected chi connectivity index (χ4v) is 2.81. The number of carboxylic acids is 1. The van der Waals surface area contributed by atoms with Crippen molar-refractivity contribution in [1.29, 1.82) is 0 Å². The van der Waals surface area contributed by atoms with Crippen LogP contribution >= 0.6 is 0 Å². The van der Waals surface area contributed by atoms with Crippen LogP contribution in [0.5, 0.6) is 0 Å². The lowest BCUT2D eigenvalue weighted by atomic mass is 9.94. The Morgan fingerprint density at radius 1 is 1.38 bits per heavy atom. The minimum atomic E-state index is -0.823. The zero-order chi connectivity index (χ0) is 17.7. The number of carbonyl (C=O) groups excluding carboxylic acids is 1. The molecule has 2 heterocycles. The molecule has 0 unspecified atom stereocenters. The molecule has 1 atom stereocenters. The molecular formula is C18H26N2O4. The molecule has 1 aromatic heterocycles. The summed E-state index contributed by atoms with van der Waals surface area (Å²) in [7, 11) is 0. The van der Waals surface area contributed by atoms with Crippen LogP contribution in [0.25, 0.3) is 0 Å². The minimum absolute atomic E-state index is 0.0746. The van der Waals surface area contributed by atoms with Crippen molar-refractivity contribution >= 4 is 12.1 Å². The van der Waals surface area contributed by atoms with Crippen LogP contribution in [0.3, 0.4) is 0 Å². The summed E-state index contributed by atoms with van der Waals surface area (Å²) in [6.45, 7) is 6.87. The normalized spacial score (nSPS) is 18.3. The Bertz CT molecular complexity index is 595. The number of carboxylic acid groups (broad SMARTS) is 1. The fraction of sp³-hybridized carbons (Fsp3) is 0.611. The van der Waals surface area contributed by atoms with Crippen LogP contribution in [0.1, 0.15) is 57.3 Å². The Morgan fingerprint density at radius 2 is 2.12 bits per heavy atom. The zero-order valence-electron chi connectivity index (χ0n) is 14.6. The van der Waals surface area contributed by atoms with Gasteiger partial charge in [0.1, 0.15) is 5.60 Å². The third-order valence-corrected chi connectivity index (χ3v) is 3.91. The molecule has 0 aliphatic carbocycles. The highest BCUT2D eigenvalue weighted by molar-refractivity contribution is 5.68. The van der Waals surface area contributed by atoms with Crippen molar-refractivity contribution in [2.75, 3.05) is 13.1 Å². The van der Waals surface area contributed by atoms with Crippen molar-refractivity contribution in [2.45, 2.75) is 58.0 Å². The minimum Gasteiger partial charge on any atom is -0.481 e. The van der Waals surface area contributed by atoms with Crippen molar-refractivity contribution in [3.8, 4) is 0 Å². The molecule has 0 saturated carbocycles. The van der Waals surface area contributed by atoms with E-state index in [4.69, 9.17) is 9.84 Å². The van der Waals surface area contributed by atoms with Gasteiger partial charge in [-0.25, -0.2) is 4.79 Å². The number of carbonyl (C=O) groups is 2. The average molecular weight is 334 g/mol. The first-order valence-corrected chi connectivity index (χ1v) is 8.40. The third kappa shape index (κ3) is 5.51. The number of amides is 1. The molecule has 0 radical (unpaired) electrons. The van der Waals surface area contributed by atoms with Crippen molar-refractivity contribution in [3.05, 3.63) is 29.6 Å². The van der Waals surface area contributed by atoms with E-state index in [1.165, 1.54) is 0 Å². The predicted molar refractivity (Wildman–Crippen MR) is 90.0 cm³/mol. The quantitative estimate of drug-likeness (QED) is 0.914. The second-order valence-electron chi connectivity index (χ2n) is 7.21. The number of piperidine rings is 1. The monoisotopic (exact) mass is 334 g/mol. The van der Waals surface area contributed by atoms with Crippen LogP contribution in [-0.4, -0.2) is 45.7 Å². The summed E-state index contributed by atoms with van der Waals surface area (Å²) < 4.78 is 5.45. The lowest BCUT2D eigenvalue weighted by Crippen LogP contribution is -2.42. The number of hydrogen-bond acceptors (Lipinski definition) is 4. The summed E-state index contributed by atoms with van der Waals surface area (Å²) in [5.74, 6) is -0.660. The Morgan fingerprint density at radius 3 is 2.79 bits per heavy atom. The molecule has 1 amide bonds. The van der Waals surface area contributed by atoms with Crippen molar-refractivity contribution in [2.24, 2.45) is 0 Å². The maximum Gasteiger partial charge on any atom is 0.410 e. The number of rotatable bonds is 4. The molecular weight excluding hydrogens is 308 g/mol. The molecule has 0 spiro atoms. The van der Waals surface area contributed by atoms with E-state index in [2.05, 4.69) is 4.98 Å². The zero-order valence-corrected chi connectivity index (χ0v) is 14.6. The number of aliphatic carboxylic acids is 1. The van der Waals surface area contributed by atoms with Crippen LogP contribution in [0, 0.1) is 0 Å². The molecule has 1 aromatic rings. The van der Waals surface area contributed by atoms with Gasteiger partial charge in [-0.05, 0) is 45.7 Å². The number of hydrogen-bond donors (Lipinski definition) is 1. The van der Waals surface area contributed by atoms with Crippen molar-refractivity contribution in [3.63, 3.8) is 0 Å². The highest BCUT2D eigenvalue weighted by Gasteiger charge is 2.28. The first kappa shape index (κ1) is 18.2. The van der Waals surface area contributed by atoms with Gasteiger partial charge in [0.2, 0.25) is 0 Å². The van der Waals surface area contributed by atoms with Gasteiger partial charge in [0.05, 0.1) is 6.42 Å². The van der Waals surface area contributed by atoms with Gasteiger partial charge in [-0.15, -0.1) is 0 Å². The largest absolute Gasteiger partial charge is 0.481 e. The number of pyridine rings is 1. The van der Waals surface area contributed by atoms with E-state index in [-0.39, 0.29) is 18.4 Å². The van der Waals surface area contributed by atoms with Gasteiger partial charge in [-0.3, -0.25) is 9.78 Å². The summed E-state index contributed by atoms with van der Waals surface area (Å²) in [5, 5.41) is 8.80. The average Bonchev–Trinajstić information content (AvgIpc) is 2.52. The van der Waals surface area contributed by atoms with Crippen molar-refractivity contribution < 1.29 is 19.4 Å². The van der Waals surface area contributed by atoms with Gasteiger partial charge in [0.15, 0.2) is 0 Å². The maximum atomic E-state index is 12.3. The molecule has 24 heavy (non-hydrogen) atoms. The summed E-state index contributed by atoms with van der Waals surface area (Å²) in [4.78, 5) is 29.3. The number of aryl methyl sites for hydroxylation is 1. The van der Waals surface area contributed by atoms with E-state index in [0.717, 1.165) is 24.2 Å². The summed E-state index contributed by atoms with van der Waals surface area (Å²) >= 11 is 0. The van der Waals surface area contributed by atoms with E-state index < -0.39 is 11.6 Å². The molecule has 0 bridgehead atoms. The van der Waals surface area contributed by atoms with E-state index >= 15 is 0 Å². The van der Waals surface area contributed by atoms with Gasteiger partial charge in [0, 0.05) is 36.8 Å². The van der Waals surface area contributed by atoms with Crippen molar-refractivity contribution in [1.82, 2.24) is 9.88 Å². The highest BCUT2D eigenvalue weighted by Crippen LogP contribution is 2.27. The summed E-state index contributed by atoms with van der Waals surface area (Å²) in [6, 6.07) is 5.71. The van der Waals surface area contributed by atoms with Crippen LogP contribution in [0.2, 0.25) is 0 Å². The molecule has 132 valence electrons. The second-order valence-corrected chi connectivity index (χ2v) is 7.21. The van der Waals surface area contributed by atoms with Gasteiger partial charge in [-0.1, -0.05) is 6.07 Å². The van der Waals surface area contributed by atoms with E-state index in [9.17, 15) is 9.59 Å². The Kier molecular flexibility index (Phi) is 5.80. The molecule has 1 fully saturated rings. The van der Waals surface area contributed by atoms with E-state index in [1.807, 2.05) is 39.0 Å². The molecule has 6 heteroatoms. The van der Waals surface area contributed by atoms with Crippen LogP contribution in [0.4, 0.5) is 4.79 Å². The fourth-order valence-electron chi connectivity index (χ4n) is 2.81. The SMILES string of the molecule is CC(C)(C)OC(=O)N1CCC[C@@H](c2cccc(CCC(=O)O)n2)C1. The second kappa shape index (κ2) is 7.64. The predicted octanol–water partition coefficient (Wildman–Crippen LogP) is 3.21. The van der Waals surface area contributed by atoms with E-state index in [0.29, 0.717) is 19.5 Å². The molecule has 1 N–H and O–H groups in total. The first-order chi connectivity index (χ1) is 11.2. The lowest BCUT2D eigenvalue weighted by molar-refractivity contribution is -0.136. The lowest BCUT2D eigenvalue weighted by Gasteiger charge is -2.34. The number of ether oxygens (including phenoxy) is 1.